The van der Waals surface area contributed by atoms with Crippen molar-refractivity contribution >= 4 is 6.03 Å². The van der Waals surface area contributed by atoms with Gasteiger partial charge in [-0.15, -0.1) is 0 Å². The van der Waals surface area contributed by atoms with E-state index in [1.165, 1.54) is 0 Å². The fourth-order valence-corrected chi connectivity index (χ4v) is 3.11. The zero-order valence-electron chi connectivity index (χ0n) is 14.6. The number of alkyl halides is 3. The van der Waals surface area contributed by atoms with Crippen LogP contribution in [-0.2, 0) is 6.18 Å². The lowest BCUT2D eigenvalue weighted by Crippen LogP contribution is -2.55. The number of hydrogen-bond donors (Lipinski definition) is 0. The molecule has 1 atom stereocenters. The Morgan fingerprint density at radius 1 is 1.19 bits per heavy atom. The van der Waals surface area contributed by atoms with Gasteiger partial charge in [-0.2, -0.15) is 18.2 Å². The minimum Gasteiger partial charge on any atom is -0.458 e. The molecule has 0 saturated carbocycles. The molecule has 2 amide bonds. The number of halogens is 3. The standard InChI is InChI=1S/C16H22F3N5O2/c1-22-7-9-23(10-8-22)15(25)24-6-2-3-12(11-24)26-14-20-5-4-13(21-14)16(17,18)19/h4-5,12H,2-3,6-11H2,1H3. The number of piperidine rings is 1. The third kappa shape index (κ3) is 4.54. The normalized spacial score (nSPS) is 22.4. The Bertz CT molecular complexity index is 635. The molecule has 2 fully saturated rings. The molecule has 0 spiro atoms. The highest BCUT2D eigenvalue weighted by atomic mass is 19.4. The van der Waals surface area contributed by atoms with Crippen LogP contribution in [0.1, 0.15) is 18.5 Å². The molecular formula is C16H22F3N5O2. The molecule has 144 valence electrons. The van der Waals surface area contributed by atoms with E-state index in [4.69, 9.17) is 4.74 Å². The smallest absolute Gasteiger partial charge is 0.433 e. The van der Waals surface area contributed by atoms with Gasteiger partial charge in [0, 0.05) is 38.9 Å². The molecule has 0 N–H and O–H groups in total. The molecule has 3 rings (SSSR count). The Balaban J connectivity index is 1.59. The number of amides is 2. The van der Waals surface area contributed by atoms with Crippen molar-refractivity contribution in [2.75, 3.05) is 46.3 Å². The number of rotatable bonds is 2. The summed E-state index contributed by atoms with van der Waals surface area (Å²) < 4.78 is 43.8. The van der Waals surface area contributed by atoms with Crippen molar-refractivity contribution in [2.45, 2.75) is 25.1 Å². The zero-order chi connectivity index (χ0) is 18.7. The van der Waals surface area contributed by atoms with Crippen LogP contribution in [0.15, 0.2) is 12.3 Å². The first-order chi connectivity index (χ1) is 12.3. The number of nitrogens with zero attached hydrogens (tertiary/aromatic N) is 5. The maximum atomic E-state index is 12.7. The largest absolute Gasteiger partial charge is 0.458 e. The molecule has 1 aromatic rings. The van der Waals surface area contributed by atoms with E-state index in [0.29, 0.717) is 32.6 Å². The molecule has 2 aliphatic heterocycles. The van der Waals surface area contributed by atoms with Gasteiger partial charge in [0.25, 0.3) is 0 Å². The highest BCUT2D eigenvalue weighted by Crippen LogP contribution is 2.28. The van der Waals surface area contributed by atoms with Gasteiger partial charge in [0.05, 0.1) is 6.54 Å². The summed E-state index contributed by atoms with van der Waals surface area (Å²) in [6.07, 6.45) is -2.56. The van der Waals surface area contributed by atoms with Crippen LogP contribution < -0.4 is 4.74 Å². The van der Waals surface area contributed by atoms with Gasteiger partial charge in [0.15, 0.2) is 5.69 Å². The van der Waals surface area contributed by atoms with Crippen LogP contribution >= 0.6 is 0 Å². The van der Waals surface area contributed by atoms with Crippen LogP contribution in [0.2, 0.25) is 0 Å². The van der Waals surface area contributed by atoms with Gasteiger partial charge in [-0.3, -0.25) is 0 Å². The van der Waals surface area contributed by atoms with Crippen LogP contribution in [0.25, 0.3) is 0 Å². The van der Waals surface area contributed by atoms with Gasteiger partial charge in [-0.05, 0) is 26.0 Å². The van der Waals surface area contributed by atoms with Crippen LogP contribution in [0.5, 0.6) is 6.01 Å². The molecule has 1 aromatic heterocycles. The molecule has 0 radical (unpaired) electrons. The zero-order valence-corrected chi connectivity index (χ0v) is 14.6. The number of carbonyl (C=O) groups is 1. The predicted octanol–water partition coefficient (Wildman–Crippen LogP) is 1.71. The van der Waals surface area contributed by atoms with Gasteiger partial charge in [0.1, 0.15) is 6.10 Å². The van der Waals surface area contributed by atoms with E-state index in [2.05, 4.69) is 14.9 Å². The van der Waals surface area contributed by atoms with Gasteiger partial charge in [-0.1, -0.05) is 0 Å². The van der Waals surface area contributed by atoms with Crippen molar-refractivity contribution < 1.29 is 22.7 Å². The fourth-order valence-electron chi connectivity index (χ4n) is 3.11. The van der Waals surface area contributed by atoms with E-state index in [9.17, 15) is 18.0 Å². The summed E-state index contributed by atoms with van der Waals surface area (Å²) >= 11 is 0. The van der Waals surface area contributed by atoms with Gasteiger partial charge in [-0.25, -0.2) is 9.78 Å². The first kappa shape index (κ1) is 18.7. The minimum absolute atomic E-state index is 0.0450. The number of hydrogen-bond acceptors (Lipinski definition) is 5. The quantitative estimate of drug-likeness (QED) is 0.790. The van der Waals surface area contributed by atoms with Crippen molar-refractivity contribution in [3.8, 4) is 6.01 Å². The summed E-state index contributed by atoms with van der Waals surface area (Å²) in [6, 6.07) is 0.451. The number of aromatic nitrogens is 2. The van der Waals surface area contributed by atoms with Gasteiger partial charge < -0.3 is 19.4 Å². The SMILES string of the molecule is CN1CCN(C(=O)N2CCCC(Oc3nccc(C(F)(F)F)n3)C2)CC1. The molecule has 1 unspecified atom stereocenters. The predicted molar refractivity (Wildman–Crippen MR) is 86.7 cm³/mol. The fraction of sp³-hybridized carbons (Fsp3) is 0.688. The van der Waals surface area contributed by atoms with Crippen LogP contribution in [0.3, 0.4) is 0 Å². The number of ether oxygens (including phenoxy) is 1. The Kier molecular flexibility index (Phi) is 5.49. The van der Waals surface area contributed by atoms with E-state index >= 15 is 0 Å². The molecule has 7 nitrogen and oxygen atoms in total. The van der Waals surface area contributed by atoms with E-state index in [-0.39, 0.29) is 12.0 Å². The number of likely N-dealkylation sites (N-methyl/N-ethyl adjacent to an activating group) is 1. The lowest BCUT2D eigenvalue weighted by atomic mass is 10.1. The number of carbonyl (C=O) groups excluding carboxylic acids is 1. The lowest BCUT2D eigenvalue weighted by molar-refractivity contribution is -0.141. The second-order valence-corrected chi connectivity index (χ2v) is 6.62. The van der Waals surface area contributed by atoms with Crippen molar-refractivity contribution in [3.63, 3.8) is 0 Å². The molecular weight excluding hydrogens is 351 g/mol. The summed E-state index contributed by atoms with van der Waals surface area (Å²) in [4.78, 5) is 25.5. The maximum absolute atomic E-state index is 12.7. The molecule has 2 saturated heterocycles. The maximum Gasteiger partial charge on any atom is 0.433 e. The highest BCUT2D eigenvalue weighted by Gasteiger charge is 2.34. The molecule has 2 aliphatic rings. The Hall–Kier alpha value is -2.10. The third-order valence-electron chi connectivity index (χ3n) is 4.62. The van der Waals surface area contributed by atoms with Gasteiger partial charge >= 0.3 is 18.2 Å². The summed E-state index contributed by atoms with van der Waals surface area (Å²) in [5.41, 5.74) is -1.04. The first-order valence-electron chi connectivity index (χ1n) is 8.62. The van der Waals surface area contributed by atoms with E-state index < -0.39 is 18.0 Å². The summed E-state index contributed by atoms with van der Waals surface area (Å²) in [5.74, 6) is 0. The summed E-state index contributed by atoms with van der Waals surface area (Å²) in [6.45, 7) is 3.95. The number of urea groups is 1. The second-order valence-electron chi connectivity index (χ2n) is 6.62. The van der Waals surface area contributed by atoms with Crippen LogP contribution in [0, 0.1) is 0 Å². The van der Waals surface area contributed by atoms with Crippen LogP contribution in [-0.4, -0.2) is 83.1 Å². The van der Waals surface area contributed by atoms with E-state index in [0.717, 1.165) is 31.8 Å². The summed E-state index contributed by atoms with van der Waals surface area (Å²) in [7, 11) is 2.02. The Morgan fingerprint density at radius 3 is 2.62 bits per heavy atom. The number of likely N-dealkylation sites (tertiary alicyclic amines) is 1. The van der Waals surface area contributed by atoms with Crippen molar-refractivity contribution in [2.24, 2.45) is 0 Å². The van der Waals surface area contributed by atoms with Crippen molar-refractivity contribution in [1.82, 2.24) is 24.7 Å². The summed E-state index contributed by atoms with van der Waals surface area (Å²) in [5, 5.41) is 0. The average molecular weight is 373 g/mol. The van der Waals surface area contributed by atoms with Crippen molar-refractivity contribution in [1.29, 1.82) is 0 Å². The third-order valence-corrected chi connectivity index (χ3v) is 4.62. The molecule has 0 aliphatic carbocycles. The van der Waals surface area contributed by atoms with Gasteiger partial charge in [0.2, 0.25) is 0 Å². The number of piperazine rings is 1. The Morgan fingerprint density at radius 2 is 1.92 bits per heavy atom. The first-order valence-corrected chi connectivity index (χ1v) is 8.62. The average Bonchev–Trinajstić information content (AvgIpc) is 2.61. The minimum atomic E-state index is -4.54. The highest BCUT2D eigenvalue weighted by molar-refractivity contribution is 5.74. The molecule has 10 heteroatoms. The Labute approximate surface area is 149 Å². The molecule has 0 aromatic carbocycles. The topological polar surface area (TPSA) is 61.8 Å². The van der Waals surface area contributed by atoms with E-state index in [1.807, 2.05) is 11.9 Å². The molecule has 0 bridgehead atoms. The molecule has 3 heterocycles. The van der Waals surface area contributed by atoms with E-state index in [1.54, 1.807) is 4.90 Å². The monoisotopic (exact) mass is 373 g/mol. The second kappa shape index (κ2) is 7.65. The van der Waals surface area contributed by atoms with Crippen LogP contribution in [0.4, 0.5) is 18.0 Å². The molecule has 26 heavy (non-hydrogen) atoms. The van der Waals surface area contributed by atoms with Crippen molar-refractivity contribution in [3.05, 3.63) is 18.0 Å². The lowest BCUT2D eigenvalue weighted by Gasteiger charge is -2.39.